The van der Waals surface area contributed by atoms with E-state index in [1.165, 1.54) is 6.07 Å². The second-order valence-electron chi connectivity index (χ2n) is 5.50. The lowest BCUT2D eigenvalue weighted by Crippen LogP contribution is -2.39. The molecule has 2 N–H and O–H groups in total. The van der Waals surface area contributed by atoms with Gasteiger partial charge in [0.2, 0.25) is 0 Å². The molecule has 1 saturated heterocycles. The summed E-state index contributed by atoms with van der Waals surface area (Å²) < 4.78 is 52.2. The third-order valence-corrected chi connectivity index (χ3v) is 4.03. The molecular formula is C15H20F4N2. The lowest BCUT2D eigenvalue weighted by Gasteiger charge is -2.33. The Morgan fingerprint density at radius 3 is 2.57 bits per heavy atom. The topological polar surface area (TPSA) is 29.3 Å². The molecule has 0 aliphatic carbocycles. The van der Waals surface area contributed by atoms with Gasteiger partial charge in [0.1, 0.15) is 5.82 Å². The van der Waals surface area contributed by atoms with Crippen molar-refractivity contribution in [1.29, 1.82) is 0 Å². The Balaban J connectivity index is 2.44. The zero-order chi connectivity index (χ0) is 15.6. The van der Waals surface area contributed by atoms with Crippen molar-refractivity contribution in [3.63, 3.8) is 0 Å². The summed E-state index contributed by atoms with van der Waals surface area (Å²) in [6, 6.07) is 2.08. The molecule has 0 radical (unpaired) electrons. The zero-order valence-electron chi connectivity index (χ0n) is 12.0. The molecule has 118 valence electrons. The Kier molecular flexibility index (Phi) is 4.88. The normalized spacial score (nSPS) is 24.9. The molecule has 1 fully saturated rings. The molecule has 2 unspecified atom stereocenters. The molecule has 1 heterocycles. The van der Waals surface area contributed by atoms with Crippen LogP contribution in [-0.2, 0) is 6.18 Å². The molecule has 0 saturated carbocycles. The standard InChI is InChI=1S/C15H20F4N2/c1-2-21-6-4-3-5-13(20)14(21)10-7-11(15(17,18)19)9-12(16)8-10/h7-9,13-14H,2-6,20H2,1H3. The number of halogens is 4. The van der Waals surface area contributed by atoms with E-state index in [2.05, 4.69) is 0 Å². The molecule has 2 nitrogen and oxygen atoms in total. The Morgan fingerprint density at radius 2 is 1.95 bits per heavy atom. The smallest absolute Gasteiger partial charge is 0.326 e. The van der Waals surface area contributed by atoms with E-state index in [1.54, 1.807) is 0 Å². The Bertz CT molecular complexity index is 487. The molecule has 1 aromatic rings. The molecule has 0 aromatic heterocycles. The number of benzene rings is 1. The summed E-state index contributed by atoms with van der Waals surface area (Å²) in [7, 11) is 0. The van der Waals surface area contributed by atoms with Crippen molar-refractivity contribution < 1.29 is 17.6 Å². The van der Waals surface area contributed by atoms with Gasteiger partial charge in [0.25, 0.3) is 0 Å². The Morgan fingerprint density at radius 1 is 1.24 bits per heavy atom. The average Bonchev–Trinajstić information content (AvgIpc) is 2.58. The number of alkyl halides is 3. The van der Waals surface area contributed by atoms with Crippen LogP contribution in [0.4, 0.5) is 17.6 Å². The van der Waals surface area contributed by atoms with Crippen molar-refractivity contribution in [2.45, 2.75) is 44.4 Å². The maximum absolute atomic E-state index is 13.6. The van der Waals surface area contributed by atoms with Crippen LogP contribution >= 0.6 is 0 Å². The first-order valence-corrected chi connectivity index (χ1v) is 7.20. The van der Waals surface area contributed by atoms with Crippen LogP contribution in [0.3, 0.4) is 0 Å². The van der Waals surface area contributed by atoms with Crippen molar-refractivity contribution in [2.75, 3.05) is 13.1 Å². The van der Waals surface area contributed by atoms with Crippen LogP contribution in [0.25, 0.3) is 0 Å². The predicted octanol–water partition coefficient (Wildman–Crippen LogP) is 3.72. The SMILES string of the molecule is CCN1CCCCC(N)C1c1cc(F)cc(C(F)(F)F)c1. The van der Waals surface area contributed by atoms with Gasteiger partial charge in [0.05, 0.1) is 5.56 Å². The third kappa shape index (κ3) is 3.74. The van der Waals surface area contributed by atoms with E-state index in [1.807, 2.05) is 11.8 Å². The van der Waals surface area contributed by atoms with Crippen molar-refractivity contribution in [1.82, 2.24) is 4.90 Å². The lowest BCUT2D eigenvalue weighted by molar-refractivity contribution is -0.137. The van der Waals surface area contributed by atoms with Gasteiger partial charge in [-0.05, 0) is 49.7 Å². The van der Waals surface area contributed by atoms with Crippen molar-refractivity contribution in [3.8, 4) is 0 Å². The van der Waals surface area contributed by atoms with Crippen LogP contribution in [0.15, 0.2) is 18.2 Å². The third-order valence-electron chi connectivity index (χ3n) is 4.03. The van der Waals surface area contributed by atoms with Gasteiger partial charge in [-0.3, -0.25) is 4.90 Å². The molecule has 1 aliphatic rings. The summed E-state index contributed by atoms with van der Waals surface area (Å²) in [5.41, 5.74) is 5.51. The van der Waals surface area contributed by atoms with E-state index >= 15 is 0 Å². The number of nitrogens with zero attached hydrogens (tertiary/aromatic N) is 1. The molecule has 2 atom stereocenters. The fraction of sp³-hybridized carbons (Fsp3) is 0.600. The first-order chi connectivity index (χ1) is 9.82. The van der Waals surface area contributed by atoms with E-state index in [0.717, 1.165) is 31.9 Å². The number of likely N-dealkylation sites (N-methyl/N-ethyl adjacent to an activating group) is 1. The van der Waals surface area contributed by atoms with Crippen LogP contribution in [-0.4, -0.2) is 24.0 Å². The van der Waals surface area contributed by atoms with Gasteiger partial charge in [-0.1, -0.05) is 13.3 Å². The van der Waals surface area contributed by atoms with Crippen molar-refractivity contribution in [2.24, 2.45) is 5.73 Å². The largest absolute Gasteiger partial charge is 0.416 e. The van der Waals surface area contributed by atoms with E-state index in [4.69, 9.17) is 5.73 Å². The molecule has 0 bridgehead atoms. The van der Waals surface area contributed by atoms with Crippen LogP contribution in [0.5, 0.6) is 0 Å². The summed E-state index contributed by atoms with van der Waals surface area (Å²) in [5.74, 6) is -0.868. The van der Waals surface area contributed by atoms with Crippen LogP contribution in [0.1, 0.15) is 43.4 Å². The minimum absolute atomic E-state index is 0.282. The highest BCUT2D eigenvalue weighted by Crippen LogP contribution is 2.35. The van der Waals surface area contributed by atoms with Gasteiger partial charge in [-0.25, -0.2) is 4.39 Å². The number of hydrogen-bond donors (Lipinski definition) is 1. The molecule has 1 aromatic carbocycles. The maximum atomic E-state index is 13.6. The Labute approximate surface area is 121 Å². The van der Waals surface area contributed by atoms with Crippen LogP contribution in [0.2, 0.25) is 0 Å². The lowest BCUT2D eigenvalue weighted by atomic mass is 9.94. The highest BCUT2D eigenvalue weighted by atomic mass is 19.4. The van der Waals surface area contributed by atoms with Gasteiger partial charge >= 0.3 is 6.18 Å². The number of rotatable bonds is 2. The van der Waals surface area contributed by atoms with E-state index in [9.17, 15) is 17.6 Å². The number of likely N-dealkylation sites (tertiary alicyclic amines) is 1. The summed E-state index contributed by atoms with van der Waals surface area (Å²) in [6.07, 6.45) is -1.92. The molecular weight excluding hydrogens is 284 g/mol. The van der Waals surface area contributed by atoms with Crippen LogP contribution < -0.4 is 5.73 Å². The first-order valence-electron chi connectivity index (χ1n) is 7.20. The fourth-order valence-electron chi connectivity index (χ4n) is 3.02. The average molecular weight is 304 g/mol. The molecule has 0 spiro atoms. The molecule has 1 aliphatic heterocycles. The van der Waals surface area contributed by atoms with Crippen molar-refractivity contribution in [3.05, 3.63) is 35.1 Å². The molecule has 0 amide bonds. The number of nitrogens with two attached hydrogens (primary N) is 1. The summed E-state index contributed by atoms with van der Waals surface area (Å²) in [6.45, 7) is 3.39. The number of hydrogen-bond acceptors (Lipinski definition) is 2. The first kappa shape index (κ1) is 16.2. The van der Waals surface area contributed by atoms with E-state index < -0.39 is 17.6 Å². The molecule has 21 heavy (non-hydrogen) atoms. The van der Waals surface area contributed by atoms with Crippen molar-refractivity contribution >= 4 is 0 Å². The second kappa shape index (κ2) is 6.32. The predicted molar refractivity (Wildman–Crippen MR) is 73.2 cm³/mol. The van der Waals surface area contributed by atoms with Gasteiger partial charge in [0.15, 0.2) is 0 Å². The molecule has 6 heteroatoms. The highest BCUT2D eigenvalue weighted by molar-refractivity contribution is 5.30. The van der Waals surface area contributed by atoms with Gasteiger partial charge in [0, 0.05) is 12.1 Å². The van der Waals surface area contributed by atoms with Gasteiger partial charge in [-0.15, -0.1) is 0 Å². The summed E-state index contributed by atoms with van der Waals surface area (Å²) >= 11 is 0. The van der Waals surface area contributed by atoms with Gasteiger partial charge in [-0.2, -0.15) is 13.2 Å². The zero-order valence-corrected chi connectivity index (χ0v) is 12.0. The van der Waals surface area contributed by atoms with Gasteiger partial charge < -0.3 is 5.73 Å². The quantitative estimate of drug-likeness (QED) is 0.844. The Hall–Kier alpha value is -1.14. The highest BCUT2D eigenvalue weighted by Gasteiger charge is 2.34. The van der Waals surface area contributed by atoms with E-state index in [0.29, 0.717) is 18.2 Å². The minimum Gasteiger partial charge on any atom is -0.326 e. The molecule has 2 rings (SSSR count). The van der Waals surface area contributed by atoms with Crippen LogP contribution in [0, 0.1) is 5.82 Å². The van der Waals surface area contributed by atoms with E-state index in [-0.39, 0.29) is 12.1 Å². The second-order valence-corrected chi connectivity index (χ2v) is 5.50. The summed E-state index contributed by atoms with van der Waals surface area (Å²) in [4.78, 5) is 2.03. The monoisotopic (exact) mass is 304 g/mol. The summed E-state index contributed by atoms with van der Waals surface area (Å²) in [5, 5.41) is 0. The maximum Gasteiger partial charge on any atom is 0.416 e. The minimum atomic E-state index is -4.55. The fourth-order valence-corrected chi connectivity index (χ4v) is 3.02.